The lowest BCUT2D eigenvalue weighted by atomic mass is 9.68. The quantitative estimate of drug-likeness (QED) is 0.420. The molecule has 1 aliphatic carbocycles. The van der Waals surface area contributed by atoms with Crippen LogP contribution in [0.5, 0.6) is 0 Å². The van der Waals surface area contributed by atoms with Crippen molar-refractivity contribution in [2.24, 2.45) is 21.7 Å². The summed E-state index contributed by atoms with van der Waals surface area (Å²) in [5, 5.41) is 0. The summed E-state index contributed by atoms with van der Waals surface area (Å²) in [6.45, 7) is 20.0. The van der Waals surface area contributed by atoms with Gasteiger partial charge < -0.3 is 0 Å². The van der Waals surface area contributed by atoms with Crippen molar-refractivity contribution in [1.29, 1.82) is 0 Å². The molecule has 0 radical (unpaired) electrons. The molecule has 0 N–H and O–H groups in total. The number of hydrogen-bond acceptors (Lipinski definition) is 0. The maximum absolute atomic E-state index is 2.51. The molecule has 1 rings (SSSR count). The van der Waals surface area contributed by atoms with Gasteiger partial charge in [0.25, 0.3) is 0 Å². The van der Waals surface area contributed by atoms with Crippen LogP contribution in [0.2, 0.25) is 0 Å². The fourth-order valence-electron chi connectivity index (χ4n) is 4.83. The Morgan fingerprint density at radius 3 is 1.26 bits per heavy atom. The van der Waals surface area contributed by atoms with Crippen LogP contribution in [0.25, 0.3) is 0 Å². The zero-order valence-electron chi connectivity index (χ0n) is 17.8. The van der Waals surface area contributed by atoms with Crippen molar-refractivity contribution in [1.82, 2.24) is 0 Å². The van der Waals surface area contributed by atoms with E-state index in [-0.39, 0.29) is 0 Å². The minimum atomic E-state index is 0.483. The van der Waals surface area contributed by atoms with Gasteiger partial charge in [-0.05, 0) is 66.6 Å². The molecule has 0 aromatic carbocycles. The molecular formula is C23H46. The average Bonchev–Trinajstić information content (AvgIpc) is 2.33. The second kappa shape index (κ2) is 7.92. The normalized spacial score (nSPS) is 29.2. The smallest absolute Gasteiger partial charge is 0.0349 e. The first-order valence-electron chi connectivity index (χ1n) is 10.3. The predicted molar refractivity (Wildman–Crippen MR) is 106 cm³/mol. The Hall–Kier alpha value is 0. The van der Waals surface area contributed by atoms with E-state index in [1.807, 2.05) is 0 Å². The lowest BCUT2D eigenvalue weighted by Crippen LogP contribution is -2.25. The van der Waals surface area contributed by atoms with E-state index >= 15 is 0 Å². The molecule has 1 saturated carbocycles. The first-order valence-corrected chi connectivity index (χ1v) is 10.3. The van der Waals surface area contributed by atoms with Crippen LogP contribution in [0, 0.1) is 21.7 Å². The van der Waals surface area contributed by atoms with E-state index < -0.39 is 0 Å². The van der Waals surface area contributed by atoms with E-state index in [0.29, 0.717) is 21.7 Å². The third-order valence-corrected chi connectivity index (χ3v) is 6.35. The van der Waals surface area contributed by atoms with Crippen LogP contribution in [0.3, 0.4) is 0 Å². The molecule has 0 saturated heterocycles. The highest BCUT2D eigenvalue weighted by Gasteiger charge is 2.31. The third-order valence-electron chi connectivity index (χ3n) is 6.35. The van der Waals surface area contributed by atoms with E-state index in [1.165, 1.54) is 70.6 Å². The van der Waals surface area contributed by atoms with Gasteiger partial charge in [-0.25, -0.2) is 0 Å². The van der Waals surface area contributed by atoms with Gasteiger partial charge in [0.2, 0.25) is 0 Å². The third kappa shape index (κ3) is 9.16. The summed E-state index contributed by atoms with van der Waals surface area (Å²) in [5.41, 5.74) is 2.04. The second-order valence-electron chi connectivity index (χ2n) is 11.7. The van der Waals surface area contributed by atoms with E-state index in [4.69, 9.17) is 0 Å². The minimum absolute atomic E-state index is 0.483. The average molecular weight is 323 g/mol. The zero-order valence-corrected chi connectivity index (χ0v) is 17.8. The standard InChI is InChI=1S/C23H46/c1-20(2)13-10-9-11-14-21(3,4)17-18-23(7,8)19-22(5,6)16-12-15-20/h9-19H2,1-8H3. The van der Waals surface area contributed by atoms with Crippen molar-refractivity contribution in [3.63, 3.8) is 0 Å². The first-order chi connectivity index (χ1) is 10.3. The zero-order chi connectivity index (χ0) is 17.8. The van der Waals surface area contributed by atoms with Gasteiger partial charge in [0.1, 0.15) is 0 Å². The van der Waals surface area contributed by atoms with E-state index in [9.17, 15) is 0 Å². The van der Waals surface area contributed by atoms with Gasteiger partial charge >= 0.3 is 0 Å². The van der Waals surface area contributed by atoms with Crippen LogP contribution in [-0.4, -0.2) is 0 Å². The summed E-state index contributed by atoms with van der Waals surface area (Å²) >= 11 is 0. The molecule has 0 aliphatic heterocycles. The Morgan fingerprint density at radius 2 is 0.696 bits per heavy atom. The molecule has 138 valence electrons. The second-order valence-corrected chi connectivity index (χ2v) is 11.7. The first kappa shape index (κ1) is 21.0. The highest BCUT2D eigenvalue weighted by molar-refractivity contribution is 4.83. The van der Waals surface area contributed by atoms with Crippen LogP contribution in [0.1, 0.15) is 126 Å². The molecule has 1 fully saturated rings. The largest absolute Gasteiger partial charge is 0.0599 e. The Bertz CT molecular complexity index is 343. The van der Waals surface area contributed by atoms with Crippen molar-refractivity contribution in [2.45, 2.75) is 126 Å². The van der Waals surface area contributed by atoms with E-state index in [0.717, 1.165) is 0 Å². The number of hydrogen-bond donors (Lipinski definition) is 0. The molecule has 0 heterocycles. The van der Waals surface area contributed by atoms with Crippen LogP contribution in [-0.2, 0) is 0 Å². The summed E-state index contributed by atoms with van der Waals surface area (Å²) in [5.74, 6) is 0. The van der Waals surface area contributed by atoms with Crippen LogP contribution in [0.15, 0.2) is 0 Å². The molecule has 0 aromatic heterocycles. The van der Waals surface area contributed by atoms with Gasteiger partial charge in [-0.15, -0.1) is 0 Å². The molecular weight excluding hydrogens is 276 g/mol. The maximum Gasteiger partial charge on any atom is -0.0349 e. The van der Waals surface area contributed by atoms with Crippen LogP contribution in [0.4, 0.5) is 0 Å². The van der Waals surface area contributed by atoms with Gasteiger partial charge in [-0.3, -0.25) is 0 Å². The lowest BCUT2D eigenvalue weighted by Gasteiger charge is -2.38. The maximum atomic E-state index is 2.51. The Labute approximate surface area is 148 Å². The highest BCUT2D eigenvalue weighted by atomic mass is 14.4. The Morgan fingerprint density at radius 1 is 0.348 bits per heavy atom. The van der Waals surface area contributed by atoms with Crippen molar-refractivity contribution in [2.75, 3.05) is 0 Å². The molecule has 0 aromatic rings. The Kier molecular flexibility index (Phi) is 7.25. The van der Waals surface area contributed by atoms with Gasteiger partial charge in [0.05, 0.1) is 0 Å². The molecule has 1 aliphatic rings. The van der Waals surface area contributed by atoms with Crippen molar-refractivity contribution >= 4 is 0 Å². The lowest BCUT2D eigenvalue weighted by molar-refractivity contribution is 0.139. The van der Waals surface area contributed by atoms with Crippen molar-refractivity contribution < 1.29 is 0 Å². The van der Waals surface area contributed by atoms with Gasteiger partial charge in [0, 0.05) is 0 Å². The Balaban J connectivity index is 2.77. The topological polar surface area (TPSA) is 0 Å². The molecule has 0 nitrogen and oxygen atoms in total. The molecule has 0 bridgehead atoms. The molecule has 0 heteroatoms. The van der Waals surface area contributed by atoms with Crippen LogP contribution < -0.4 is 0 Å². The molecule has 23 heavy (non-hydrogen) atoms. The summed E-state index contributed by atoms with van der Waals surface area (Å²) < 4.78 is 0. The monoisotopic (exact) mass is 322 g/mol. The molecule has 0 amide bonds. The summed E-state index contributed by atoms with van der Waals surface area (Å²) in [6, 6.07) is 0. The fourth-order valence-corrected chi connectivity index (χ4v) is 4.83. The summed E-state index contributed by atoms with van der Waals surface area (Å²) in [4.78, 5) is 0. The minimum Gasteiger partial charge on any atom is -0.0599 e. The van der Waals surface area contributed by atoms with Gasteiger partial charge in [-0.1, -0.05) is 81.1 Å². The van der Waals surface area contributed by atoms with E-state index in [1.54, 1.807) is 0 Å². The summed E-state index contributed by atoms with van der Waals surface area (Å²) in [7, 11) is 0. The van der Waals surface area contributed by atoms with Crippen molar-refractivity contribution in [3.05, 3.63) is 0 Å². The molecule has 0 atom stereocenters. The van der Waals surface area contributed by atoms with Crippen molar-refractivity contribution in [3.8, 4) is 0 Å². The SMILES string of the molecule is CC1(C)CCCCCC(C)(C)CCC(C)(C)CC(C)(C)CCC1. The fraction of sp³-hybridized carbons (Fsp3) is 1.00. The molecule has 0 unspecified atom stereocenters. The number of rotatable bonds is 0. The predicted octanol–water partition coefficient (Wildman–Crippen LogP) is 8.40. The van der Waals surface area contributed by atoms with E-state index in [2.05, 4.69) is 55.4 Å². The highest BCUT2D eigenvalue weighted by Crippen LogP contribution is 2.44. The van der Waals surface area contributed by atoms with Gasteiger partial charge in [-0.2, -0.15) is 0 Å². The van der Waals surface area contributed by atoms with Crippen LogP contribution >= 0.6 is 0 Å². The molecule has 0 spiro atoms. The summed E-state index contributed by atoms with van der Waals surface area (Å²) in [6.07, 6.45) is 15.5. The van der Waals surface area contributed by atoms with Gasteiger partial charge in [0.15, 0.2) is 0 Å².